The molecule has 3 aliphatic rings. The molecule has 0 bridgehead atoms. The molecule has 0 aromatic heterocycles. The highest BCUT2D eigenvalue weighted by Crippen LogP contribution is 2.38. The number of morpholine rings is 1. The van der Waals surface area contributed by atoms with Crippen molar-refractivity contribution in [2.75, 3.05) is 46.6 Å². The second-order valence-electron chi connectivity index (χ2n) is 6.91. The Bertz CT molecular complexity index is 694. The first-order valence-electron chi connectivity index (χ1n) is 9.51. The Morgan fingerprint density at radius 2 is 2.04 bits per heavy atom. The fourth-order valence-electron chi connectivity index (χ4n) is 3.77. The van der Waals surface area contributed by atoms with Crippen LogP contribution in [0.5, 0.6) is 11.5 Å². The van der Waals surface area contributed by atoms with Gasteiger partial charge in [-0.15, -0.1) is 0 Å². The van der Waals surface area contributed by atoms with Crippen LogP contribution in [0, 0.1) is 0 Å². The summed E-state index contributed by atoms with van der Waals surface area (Å²) in [5.74, 6) is 2.18. The summed E-state index contributed by atoms with van der Waals surface area (Å²) in [5, 5.41) is 4.00. The van der Waals surface area contributed by atoms with Crippen LogP contribution in [0.1, 0.15) is 18.4 Å². The molecule has 1 aromatic carbocycles. The van der Waals surface area contributed by atoms with Crippen LogP contribution in [0.3, 0.4) is 0 Å². The molecular formula is C19H26ClN3O4. The van der Waals surface area contributed by atoms with Gasteiger partial charge in [-0.25, -0.2) is 0 Å². The van der Waals surface area contributed by atoms with Crippen molar-refractivity contribution < 1.29 is 18.9 Å². The third-order valence-electron chi connectivity index (χ3n) is 5.09. The first-order valence-corrected chi connectivity index (χ1v) is 9.89. The SMILES string of the molecule is CN=C(NCc1cc(Cl)c2c(c1)OCCO2)N1CCOC(C2CCCO2)C1. The molecule has 0 spiro atoms. The Balaban J connectivity index is 1.38. The molecule has 2 atom stereocenters. The smallest absolute Gasteiger partial charge is 0.194 e. The molecule has 0 aliphatic carbocycles. The van der Waals surface area contributed by atoms with Crippen molar-refractivity contribution in [1.82, 2.24) is 10.2 Å². The van der Waals surface area contributed by atoms with Crippen molar-refractivity contribution in [1.29, 1.82) is 0 Å². The fraction of sp³-hybridized carbons (Fsp3) is 0.632. The average molecular weight is 396 g/mol. The van der Waals surface area contributed by atoms with E-state index in [9.17, 15) is 0 Å². The van der Waals surface area contributed by atoms with Gasteiger partial charge in [0.25, 0.3) is 0 Å². The molecule has 1 aromatic rings. The summed E-state index contributed by atoms with van der Waals surface area (Å²) in [6.45, 7) is 4.78. The third kappa shape index (κ3) is 4.25. The van der Waals surface area contributed by atoms with Crippen LogP contribution < -0.4 is 14.8 Å². The molecular weight excluding hydrogens is 370 g/mol. The van der Waals surface area contributed by atoms with E-state index in [4.69, 9.17) is 30.5 Å². The van der Waals surface area contributed by atoms with Crippen molar-refractivity contribution in [2.24, 2.45) is 4.99 Å². The maximum Gasteiger partial charge on any atom is 0.194 e. The average Bonchev–Trinajstić information content (AvgIpc) is 3.24. The zero-order valence-electron chi connectivity index (χ0n) is 15.6. The van der Waals surface area contributed by atoms with Crippen LogP contribution in [-0.2, 0) is 16.0 Å². The minimum absolute atomic E-state index is 0.100. The Kier molecular flexibility index (Phi) is 5.90. The fourth-order valence-corrected chi connectivity index (χ4v) is 4.06. The Morgan fingerprint density at radius 3 is 2.85 bits per heavy atom. The highest BCUT2D eigenvalue weighted by Gasteiger charge is 2.32. The summed E-state index contributed by atoms with van der Waals surface area (Å²) in [6.07, 6.45) is 2.48. The summed E-state index contributed by atoms with van der Waals surface area (Å²) in [4.78, 5) is 6.68. The quantitative estimate of drug-likeness (QED) is 0.624. The van der Waals surface area contributed by atoms with Gasteiger partial charge in [-0.2, -0.15) is 0 Å². The zero-order valence-corrected chi connectivity index (χ0v) is 16.3. The number of nitrogens with zero attached hydrogens (tertiary/aromatic N) is 2. The standard InChI is InChI=1S/C19H26ClN3O4/c1-21-19(23-4-6-25-17(12-23)15-3-2-5-24-15)22-11-13-9-14(20)18-16(10-13)26-7-8-27-18/h9-10,15,17H,2-8,11-12H2,1H3,(H,21,22). The van der Waals surface area contributed by atoms with Crippen LogP contribution in [0.2, 0.25) is 5.02 Å². The summed E-state index contributed by atoms with van der Waals surface area (Å²) >= 11 is 6.33. The normalized spacial score (nSPS) is 25.6. The van der Waals surface area contributed by atoms with Gasteiger partial charge < -0.3 is 29.2 Å². The number of rotatable bonds is 3. The number of hydrogen-bond donors (Lipinski definition) is 1. The summed E-state index contributed by atoms with van der Waals surface area (Å²) in [7, 11) is 1.80. The first-order chi connectivity index (χ1) is 13.2. The highest BCUT2D eigenvalue weighted by atomic mass is 35.5. The van der Waals surface area contributed by atoms with Crippen LogP contribution in [0.15, 0.2) is 17.1 Å². The predicted molar refractivity (Wildman–Crippen MR) is 103 cm³/mol. The lowest BCUT2D eigenvalue weighted by Crippen LogP contribution is -2.53. The first kappa shape index (κ1) is 18.7. The molecule has 8 heteroatoms. The number of halogens is 1. The molecule has 2 fully saturated rings. The van der Waals surface area contributed by atoms with E-state index in [1.165, 1.54) is 0 Å². The lowest BCUT2D eigenvalue weighted by Gasteiger charge is -2.37. The highest BCUT2D eigenvalue weighted by molar-refractivity contribution is 6.32. The number of hydrogen-bond acceptors (Lipinski definition) is 5. The third-order valence-corrected chi connectivity index (χ3v) is 5.37. The molecule has 3 heterocycles. The van der Waals surface area contributed by atoms with Crippen molar-refractivity contribution >= 4 is 17.6 Å². The predicted octanol–water partition coefficient (Wildman–Crippen LogP) is 2.07. The lowest BCUT2D eigenvalue weighted by atomic mass is 10.1. The van der Waals surface area contributed by atoms with Gasteiger partial charge in [0, 0.05) is 33.3 Å². The molecule has 148 valence electrons. The minimum Gasteiger partial charge on any atom is -0.486 e. The van der Waals surface area contributed by atoms with Crippen molar-refractivity contribution in [3.63, 3.8) is 0 Å². The van der Waals surface area contributed by atoms with Gasteiger partial charge in [0.2, 0.25) is 0 Å². The Labute approximate surface area is 164 Å². The number of aliphatic imine (C=N–C) groups is 1. The Morgan fingerprint density at radius 1 is 1.19 bits per heavy atom. The van der Waals surface area contributed by atoms with Crippen molar-refractivity contribution in [3.8, 4) is 11.5 Å². The molecule has 0 amide bonds. The zero-order chi connectivity index (χ0) is 18.6. The number of benzene rings is 1. The number of guanidine groups is 1. The lowest BCUT2D eigenvalue weighted by molar-refractivity contribution is -0.0817. The van der Waals surface area contributed by atoms with Gasteiger partial charge in [0.1, 0.15) is 19.3 Å². The molecule has 1 N–H and O–H groups in total. The minimum atomic E-state index is 0.100. The molecule has 2 unspecified atom stereocenters. The van der Waals surface area contributed by atoms with E-state index >= 15 is 0 Å². The second-order valence-corrected chi connectivity index (χ2v) is 7.32. The molecule has 2 saturated heterocycles. The molecule has 4 rings (SSSR count). The van der Waals surface area contributed by atoms with Crippen LogP contribution in [-0.4, -0.2) is 69.6 Å². The van der Waals surface area contributed by atoms with E-state index in [1.54, 1.807) is 7.05 Å². The van der Waals surface area contributed by atoms with Gasteiger partial charge in [0.05, 0.1) is 17.7 Å². The number of ether oxygens (including phenoxy) is 4. The van der Waals surface area contributed by atoms with Crippen molar-refractivity contribution in [3.05, 3.63) is 22.7 Å². The Hall–Kier alpha value is -1.70. The van der Waals surface area contributed by atoms with E-state index in [-0.39, 0.29) is 12.2 Å². The van der Waals surface area contributed by atoms with Gasteiger partial charge >= 0.3 is 0 Å². The maximum absolute atomic E-state index is 6.33. The largest absolute Gasteiger partial charge is 0.486 e. The number of fused-ring (bicyclic) bond motifs is 1. The molecule has 7 nitrogen and oxygen atoms in total. The summed E-state index contributed by atoms with van der Waals surface area (Å²) in [5.41, 5.74) is 1.02. The van der Waals surface area contributed by atoms with E-state index in [0.717, 1.165) is 44.1 Å². The van der Waals surface area contributed by atoms with E-state index < -0.39 is 0 Å². The van der Waals surface area contributed by atoms with E-state index in [2.05, 4.69) is 15.2 Å². The molecule has 0 saturated carbocycles. The molecule has 3 aliphatic heterocycles. The molecule has 0 radical (unpaired) electrons. The van der Waals surface area contributed by atoms with Crippen LogP contribution in [0.4, 0.5) is 0 Å². The topological polar surface area (TPSA) is 64.6 Å². The van der Waals surface area contributed by atoms with Gasteiger partial charge in [0.15, 0.2) is 17.5 Å². The van der Waals surface area contributed by atoms with Gasteiger partial charge in [-0.3, -0.25) is 4.99 Å². The summed E-state index contributed by atoms with van der Waals surface area (Å²) < 4.78 is 23.0. The van der Waals surface area contributed by atoms with Crippen LogP contribution in [0.25, 0.3) is 0 Å². The monoisotopic (exact) mass is 395 g/mol. The second kappa shape index (κ2) is 8.54. The van der Waals surface area contributed by atoms with E-state index in [0.29, 0.717) is 42.9 Å². The van der Waals surface area contributed by atoms with Gasteiger partial charge in [-0.1, -0.05) is 11.6 Å². The van der Waals surface area contributed by atoms with Crippen LogP contribution >= 0.6 is 11.6 Å². The summed E-state index contributed by atoms with van der Waals surface area (Å²) in [6, 6.07) is 3.87. The maximum atomic E-state index is 6.33. The van der Waals surface area contributed by atoms with Gasteiger partial charge in [-0.05, 0) is 30.5 Å². The van der Waals surface area contributed by atoms with Crippen molar-refractivity contribution in [2.45, 2.75) is 31.6 Å². The number of nitrogens with one attached hydrogen (secondary N) is 1. The molecule has 27 heavy (non-hydrogen) atoms. The van der Waals surface area contributed by atoms with E-state index in [1.807, 2.05) is 12.1 Å².